The fourth-order valence-electron chi connectivity index (χ4n) is 13.1. The Balaban J connectivity index is 0.944. The molecule has 0 N–H and O–H groups in total. The minimum absolute atomic E-state index is 0.514. The predicted octanol–water partition coefficient (Wildman–Crippen LogP) is 18.5. The first-order chi connectivity index (χ1) is 35.7. The van der Waals surface area contributed by atoms with Crippen molar-refractivity contribution in [3.63, 3.8) is 0 Å². The van der Waals surface area contributed by atoms with Gasteiger partial charge in [0, 0.05) is 58.2 Å². The smallest absolute Gasteiger partial charge is 0.132 e. The molecule has 12 aromatic rings. The fourth-order valence-corrected chi connectivity index (χ4v) is 15.4. The quantitative estimate of drug-likeness (QED) is 0.174. The summed E-state index contributed by atoms with van der Waals surface area (Å²) in [6, 6.07) is 93.0. The van der Waals surface area contributed by atoms with Gasteiger partial charge in [-0.1, -0.05) is 182 Å². The van der Waals surface area contributed by atoms with Crippen LogP contribution in [0.3, 0.4) is 0 Å². The van der Waals surface area contributed by atoms with E-state index in [2.05, 4.69) is 254 Å². The minimum Gasteiger partial charge on any atom is -0.457 e. The second-order valence-electron chi connectivity index (χ2n) is 19.4. The summed E-state index contributed by atoms with van der Waals surface area (Å²) in [5.74, 6) is 1.78. The Labute approximate surface area is 426 Å². The average molecular weight is 952 g/mol. The van der Waals surface area contributed by atoms with Crippen molar-refractivity contribution in [1.29, 1.82) is 0 Å². The van der Waals surface area contributed by atoms with Gasteiger partial charge in [0.05, 0.1) is 10.8 Å². The van der Waals surface area contributed by atoms with Crippen LogP contribution in [0, 0.1) is 0 Å². The first-order valence-corrected chi connectivity index (χ1v) is 26.4. The third kappa shape index (κ3) is 5.35. The number of anilines is 3. The number of para-hydroxylation sites is 2. The van der Waals surface area contributed by atoms with Gasteiger partial charge in [-0.3, -0.25) is 0 Å². The van der Waals surface area contributed by atoms with E-state index in [-0.39, 0.29) is 0 Å². The lowest BCUT2D eigenvalue weighted by atomic mass is 9.66. The monoisotopic (exact) mass is 951 g/mol. The van der Waals surface area contributed by atoms with E-state index in [1.54, 1.807) is 0 Å². The molecule has 16 rings (SSSR count). The molecule has 0 radical (unpaired) electrons. The highest BCUT2D eigenvalue weighted by atomic mass is 32.2. The molecular formula is C68H41NOS2. The van der Waals surface area contributed by atoms with Crippen molar-refractivity contribution >= 4 is 60.3 Å². The van der Waals surface area contributed by atoms with Gasteiger partial charge in [-0.2, -0.15) is 0 Å². The molecule has 4 heteroatoms. The van der Waals surface area contributed by atoms with Crippen molar-refractivity contribution < 1.29 is 4.74 Å². The van der Waals surface area contributed by atoms with Gasteiger partial charge in [0.25, 0.3) is 0 Å². The number of hydrogen-bond acceptors (Lipinski definition) is 4. The number of hydrogen-bond donors (Lipinski definition) is 0. The molecule has 2 aliphatic carbocycles. The van der Waals surface area contributed by atoms with Crippen LogP contribution in [0.5, 0.6) is 11.5 Å². The van der Waals surface area contributed by atoms with E-state index in [0.717, 1.165) is 39.7 Å². The summed E-state index contributed by atoms with van der Waals surface area (Å²) < 4.78 is 9.39. The van der Waals surface area contributed by atoms with E-state index >= 15 is 0 Å². The van der Waals surface area contributed by atoms with Gasteiger partial charge in [-0.15, -0.1) is 11.3 Å². The van der Waals surface area contributed by atoms with Crippen LogP contribution in [0.1, 0.15) is 44.5 Å². The number of ether oxygens (including phenoxy) is 1. The number of rotatable bonds is 4. The maximum atomic E-state index is 6.76. The van der Waals surface area contributed by atoms with Gasteiger partial charge in [-0.05, 0) is 146 Å². The molecule has 1 aromatic heterocycles. The van der Waals surface area contributed by atoms with Gasteiger partial charge in [0.15, 0.2) is 0 Å². The molecule has 4 aliphatic rings. The average Bonchev–Trinajstić information content (AvgIpc) is 4.06. The molecule has 0 amide bonds. The maximum absolute atomic E-state index is 6.76. The zero-order valence-corrected chi connectivity index (χ0v) is 40.5. The van der Waals surface area contributed by atoms with Gasteiger partial charge in [0.2, 0.25) is 0 Å². The molecule has 336 valence electrons. The molecule has 0 bridgehead atoms. The Morgan fingerprint density at radius 2 is 0.750 bits per heavy atom. The number of fused-ring (bicyclic) bond motifs is 21. The van der Waals surface area contributed by atoms with Crippen LogP contribution in [0.25, 0.3) is 53.6 Å². The van der Waals surface area contributed by atoms with Crippen molar-refractivity contribution in [3.8, 4) is 44.9 Å². The van der Waals surface area contributed by atoms with E-state index in [1.807, 2.05) is 23.1 Å². The number of benzene rings is 11. The lowest BCUT2D eigenvalue weighted by Gasteiger charge is -2.40. The summed E-state index contributed by atoms with van der Waals surface area (Å²) in [5, 5.41) is 2.62. The molecule has 72 heavy (non-hydrogen) atoms. The Kier molecular flexibility index (Phi) is 8.43. The highest BCUT2D eigenvalue weighted by Gasteiger charge is 2.52. The predicted molar refractivity (Wildman–Crippen MR) is 298 cm³/mol. The Morgan fingerprint density at radius 3 is 1.36 bits per heavy atom. The fraction of sp³-hybridized carbons (Fsp3) is 0.0294. The topological polar surface area (TPSA) is 12.5 Å². The van der Waals surface area contributed by atoms with Crippen LogP contribution in [0.15, 0.2) is 259 Å². The molecule has 0 atom stereocenters. The minimum atomic E-state index is -0.607. The SMILES string of the molecule is c1ccc2c(c1)Oc1ccccc1C21c2ccccc2-c2ccc(N(c3ccc(-c4ccc5sc6ccccc6c5c4)cc3)c3ccc4c(c3)C3(c5ccccc5Sc5ccccc53)c3ccccc3-4)cc21. The molecule has 0 unspecified atom stereocenters. The van der Waals surface area contributed by atoms with E-state index in [4.69, 9.17) is 4.74 Å². The first-order valence-electron chi connectivity index (χ1n) is 24.7. The van der Waals surface area contributed by atoms with E-state index < -0.39 is 10.8 Å². The van der Waals surface area contributed by atoms with Gasteiger partial charge in [0.1, 0.15) is 11.5 Å². The maximum Gasteiger partial charge on any atom is 0.132 e. The molecule has 2 nitrogen and oxygen atoms in total. The van der Waals surface area contributed by atoms with E-state index in [1.165, 1.54) is 96.7 Å². The molecule has 0 saturated carbocycles. The summed E-state index contributed by atoms with van der Waals surface area (Å²) >= 11 is 3.75. The summed E-state index contributed by atoms with van der Waals surface area (Å²) in [6.45, 7) is 0. The number of nitrogens with zero attached hydrogens (tertiary/aromatic N) is 1. The summed E-state index contributed by atoms with van der Waals surface area (Å²) in [7, 11) is 0. The molecular weight excluding hydrogens is 911 g/mol. The van der Waals surface area contributed by atoms with E-state index in [9.17, 15) is 0 Å². The summed E-state index contributed by atoms with van der Waals surface area (Å²) in [6.07, 6.45) is 0. The van der Waals surface area contributed by atoms with Crippen LogP contribution < -0.4 is 9.64 Å². The second kappa shape index (κ2) is 15.1. The van der Waals surface area contributed by atoms with Gasteiger partial charge >= 0.3 is 0 Å². The third-order valence-electron chi connectivity index (χ3n) is 16.0. The lowest BCUT2D eigenvalue weighted by Crippen LogP contribution is -2.32. The standard InChI is InChI=1S/C68H41NOS2/c1-4-18-53-47(15-1)49-36-34-45(40-59(49)67(53)55-20-6-10-24-61(55)70-62-25-11-7-21-56(62)67)69(44-32-29-42(30-33-44)43-31-38-64-52(39-43)51-17-3-12-26-63(51)71-64)46-35-37-50-48-16-2-5-19-54(48)68(60(50)41-46)57-22-8-13-27-65(57)72-66-28-14-9-23-58(66)68/h1-41H. The molecule has 3 heterocycles. The van der Waals surface area contributed by atoms with Crippen molar-refractivity contribution in [2.45, 2.75) is 20.6 Å². The van der Waals surface area contributed by atoms with Crippen LogP contribution in [-0.2, 0) is 10.8 Å². The van der Waals surface area contributed by atoms with Crippen molar-refractivity contribution in [1.82, 2.24) is 0 Å². The Hall–Kier alpha value is -8.41. The third-order valence-corrected chi connectivity index (χ3v) is 18.3. The Morgan fingerprint density at radius 1 is 0.306 bits per heavy atom. The Bertz CT molecular complexity index is 3970. The first kappa shape index (κ1) is 40.3. The van der Waals surface area contributed by atoms with Crippen LogP contribution in [-0.4, -0.2) is 0 Å². The van der Waals surface area contributed by atoms with Gasteiger partial charge < -0.3 is 9.64 Å². The van der Waals surface area contributed by atoms with Gasteiger partial charge in [-0.25, -0.2) is 0 Å². The molecule has 2 aliphatic heterocycles. The molecule has 11 aromatic carbocycles. The zero-order valence-electron chi connectivity index (χ0n) is 38.8. The zero-order chi connectivity index (χ0) is 47.1. The lowest BCUT2D eigenvalue weighted by molar-refractivity contribution is 0.436. The summed E-state index contributed by atoms with van der Waals surface area (Å²) in [4.78, 5) is 5.09. The van der Waals surface area contributed by atoms with Crippen LogP contribution >= 0.6 is 23.1 Å². The van der Waals surface area contributed by atoms with Crippen molar-refractivity contribution in [2.24, 2.45) is 0 Å². The largest absolute Gasteiger partial charge is 0.457 e. The molecule has 2 spiro atoms. The highest BCUT2D eigenvalue weighted by molar-refractivity contribution is 7.99. The van der Waals surface area contributed by atoms with Crippen LogP contribution in [0.2, 0.25) is 0 Å². The van der Waals surface area contributed by atoms with Crippen LogP contribution in [0.4, 0.5) is 17.1 Å². The second-order valence-corrected chi connectivity index (χ2v) is 21.6. The van der Waals surface area contributed by atoms with E-state index in [0.29, 0.717) is 0 Å². The molecule has 0 fully saturated rings. The number of thiophene rings is 1. The highest BCUT2D eigenvalue weighted by Crippen LogP contribution is 2.65. The molecule has 0 saturated heterocycles. The summed E-state index contributed by atoms with van der Waals surface area (Å²) in [5.41, 5.74) is 19.7. The van der Waals surface area contributed by atoms with Crippen molar-refractivity contribution in [3.05, 3.63) is 293 Å². The normalized spacial score (nSPS) is 14.4. The van der Waals surface area contributed by atoms with Crippen molar-refractivity contribution in [2.75, 3.05) is 4.90 Å².